The molecule has 2 unspecified atom stereocenters. The number of methoxy groups -OCH3 is 1. The van der Waals surface area contributed by atoms with E-state index in [0.717, 1.165) is 55.7 Å². The number of pyridine rings is 2. The minimum atomic E-state index is -1.10. The first kappa shape index (κ1) is 31.1. The third kappa shape index (κ3) is 7.93. The summed E-state index contributed by atoms with van der Waals surface area (Å²) in [5, 5.41) is 16.5. The van der Waals surface area contributed by atoms with Gasteiger partial charge in [0.05, 0.1) is 16.5 Å². The summed E-state index contributed by atoms with van der Waals surface area (Å²) in [7, 11) is 1.47. The molecule has 1 aliphatic carbocycles. The molecule has 1 saturated carbocycles. The van der Waals surface area contributed by atoms with Gasteiger partial charge in [0, 0.05) is 44.8 Å². The summed E-state index contributed by atoms with van der Waals surface area (Å²) in [5.41, 5.74) is 2.99. The summed E-state index contributed by atoms with van der Waals surface area (Å²) >= 11 is 6.39. The van der Waals surface area contributed by atoms with Gasteiger partial charge in [0.15, 0.2) is 0 Å². The van der Waals surface area contributed by atoms with Crippen LogP contribution in [0.1, 0.15) is 60.9 Å². The van der Waals surface area contributed by atoms with Gasteiger partial charge in [-0.15, -0.1) is 0 Å². The van der Waals surface area contributed by atoms with Crippen LogP contribution in [0, 0.1) is 6.92 Å². The number of unbranched alkanes of at least 4 members (excludes halogenated alkanes) is 1. The zero-order valence-electron chi connectivity index (χ0n) is 23.9. The van der Waals surface area contributed by atoms with Crippen LogP contribution in [0.5, 0.6) is 0 Å². The van der Waals surface area contributed by atoms with Gasteiger partial charge in [0.1, 0.15) is 18.5 Å². The number of aryl methyl sites for hydroxylation is 3. The molecular formula is C30H41ClFN5O4. The Labute approximate surface area is 246 Å². The van der Waals surface area contributed by atoms with Crippen molar-refractivity contribution in [3.63, 3.8) is 0 Å². The fraction of sp³-hybridized carbons (Fsp3) is 0.600. The minimum Gasteiger partial charge on any atom is -0.480 e. The van der Waals surface area contributed by atoms with Crippen molar-refractivity contribution >= 4 is 29.3 Å². The monoisotopic (exact) mass is 589 g/mol. The molecule has 0 aromatic carbocycles. The van der Waals surface area contributed by atoms with Crippen molar-refractivity contribution in [1.82, 2.24) is 20.2 Å². The van der Waals surface area contributed by atoms with Crippen molar-refractivity contribution in [1.29, 1.82) is 0 Å². The van der Waals surface area contributed by atoms with Crippen molar-refractivity contribution in [3.05, 3.63) is 51.9 Å². The van der Waals surface area contributed by atoms with E-state index in [9.17, 15) is 19.1 Å². The molecule has 0 radical (unpaired) electrons. The maximum absolute atomic E-state index is 13.5. The molecule has 2 aromatic heterocycles. The smallest absolute Gasteiger partial charge is 0.326 e. The largest absolute Gasteiger partial charge is 0.480 e. The maximum atomic E-state index is 13.5. The van der Waals surface area contributed by atoms with Crippen LogP contribution < -0.4 is 10.6 Å². The molecule has 3 N–H and O–H groups in total. The molecule has 2 atom stereocenters. The molecule has 11 heteroatoms. The quantitative estimate of drug-likeness (QED) is 0.251. The standard InChI is InChI=1S/C30H41ClFN5O4/c1-20-17-33-18-24(31)26(20)30(11-12-30)29(40)36-25(28(38)39)10-15-37(19-23(16-32)41-2)14-4-3-7-22-9-8-21-6-5-13-34-27(21)35-22/h8-9,17-18,23,25H,3-7,10-16,19H2,1-2H3,(H,34,35)(H,36,40)(H,38,39). The summed E-state index contributed by atoms with van der Waals surface area (Å²) in [6.07, 6.45) is 8.68. The van der Waals surface area contributed by atoms with Crippen molar-refractivity contribution in [2.75, 3.05) is 45.3 Å². The first-order chi connectivity index (χ1) is 19.8. The number of ether oxygens (including phenoxy) is 1. The molecular weight excluding hydrogens is 549 g/mol. The van der Waals surface area contributed by atoms with Gasteiger partial charge in [-0.05, 0) is 87.6 Å². The Morgan fingerprint density at radius 2 is 2.07 bits per heavy atom. The Bertz CT molecular complexity index is 1190. The number of carbonyl (C=O) groups is 2. The molecule has 41 heavy (non-hydrogen) atoms. The van der Waals surface area contributed by atoms with Gasteiger partial charge in [-0.2, -0.15) is 0 Å². The Hall–Kier alpha value is -2.82. The number of halogens is 2. The number of nitrogens with zero attached hydrogens (tertiary/aromatic N) is 3. The van der Waals surface area contributed by atoms with Crippen molar-refractivity contribution in [3.8, 4) is 0 Å². The van der Waals surface area contributed by atoms with Crippen LogP contribution in [0.25, 0.3) is 0 Å². The Kier molecular flexibility index (Phi) is 10.9. The third-order valence-electron chi connectivity index (χ3n) is 8.17. The molecule has 9 nitrogen and oxygen atoms in total. The average Bonchev–Trinajstić information content (AvgIpc) is 3.77. The Morgan fingerprint density at radius 3 is 2.76 bits per heavy atom. The normalized spacial score (nSPS) is 16.9. The topological polar surface area (TPSA) is 117 Å². The SMILES string of the molecule is COC(CF)CN(CCCCc1ccc2c(n1)NCCC2)CCC(NC(=O)C1(c2c(C)cncc2Cl)CC1)C(=O)O. The van der Waals surface area contributed by atoms with E-state index in [2.05, 4.69) is 27.8 Å². The number of carboxylic acid groups (broad SMARTS) is 1. The molecule has 0 saturated heterocycles. The summed E-state index contributed by atoms with van der Waals surface area (Å²) < 4.78 is 18.8. The lowest BCUT2D eigenvalue weighted by molar-refractivity contribution is -0.142. The molecule has 224 valence electrons. The highest BCUT2D eigenvalue weighted by Gasteiger charge is 2.53. The molecule has 1 amide bonds. The van der Waals surface area contributed by atoms with Gasteiger partial charge in [-0.25, -0.2) is 14.2 Å². The van der Waals surface area contributed by atoms with Gasteiger partial charge in [-0.3, -0.25) is 9.78 Å². The van der Waals surface area contributed by atoms with Crippen molar-refractivity contribution in [2.45, 2.75) is 75.9 Å². The second-order valence-corrected chi connectivity index (χ2v) is 11.6. The fourth-order valence-electron chi connectivity index (χ4n) is 5.64. The van der Waals surface area contributed by atoms with Gasteiger partial charge < -0.3 is 25.4 Å². The highest BCUT2D eigenvalue weighted by molar-refractivity contribution is 6.31. The van der Waals surface area contributed by atoms with Crippen LogP contribution in [0.4, 0.5) is 10.2 Å². The number of rotatable bonds is 16. The van der Waals surface area contributed by atoms with E-state index < -0.39 is 30.2 Å². The molecule has 4 rings (SSSR count). The zero-order valence-corrected chi connectivity index (χ0v) is 24.7. The number of fused-ring (bicyclic) bond motifs is 1. The second kappa shape index (κ2) is 14.4. The zero-order chi connectivity index (χ0) is 29.4. The lowest BCUT2D eigenvalue weighted by atomic mass is 9.91. The third-order valence-corrected chi connectivity index (χ3v) is 8.45. The van der Waals surface area contributed by atoms with Crippen LogP contribution in [-0.4, -0.2) is 84.0 Å². The maximum Gasteiger partial charge on any atom is 0.326 e. The van der Waals surface area contributed by atoms with Gasteiger partial charge in [-0.1, -0.05) is 17.7 Å². The van der Waals surface area contributed by atoms with Crippen LogP contribution in [-0.2, 0) is 32.6 Å². The molecule has 3 heterocycles. The second-order valence-electron chi connectivity index (χ2n) is 11.2. The van der Waals surface area contributed by atoms with Gasteiger partial charge in [0.25, 0.3) is 0 Å². The number of aromatic nitrogens is 2. The summed E-state index contributed by atoms with van der Waals surface area (Å²) in [5.74, 6) is -0.455. The number of hydrogen-bond acceptors (Lipinski definition) is 7. The van der Waals surface area contributed by atoms with Gasteiger partial charge >= 0.3 is 5.97 Å². The summed E-state index contributed by atoms with van der Waals surface area (Å²) in [4.78, 5) is 36.4. The van der Waals surface area contributed by atoms with E-state index >= 15 is 0 Å². The van der Waals surface area contributed by atoms with Crippen molar-refractivity contribution < 1.29 is 23.8 Å². The molecule has 0 spiro atoms. The van der Waals surface area contributed by atoms with Crippen LogP contribution >= 0.6 is 11.6 Å². The van der Waals surface area contributed by atoms with Crippen molar-refractivity contribution in [2.24, 2.45) is 0 Å². The lowest BCUT2D eigenvalue weighted by Gasteiger charge is -2.28. The van der Waals surface area contributed by atoms with Gasteiger partial charge in [0.2, 0.25) is 5.91 Å². The number of carbonyl (C=O) groups excluding carboxylic acids is 1. The number of alkyl halides is 1. The average molecular weight is 590 g/mol. The van der Waals surface area contributed by atoms with Crippen LogP contribution in [0.15, 0.2) is 24.5 Å². The first-order valence-corrected chi connectivity index (χ1v) is 14.8. The van der Waals surface area contributed by atoms with E-state index in [1.807, 2.05) is 11.8 Å². The fourth-order valence-corrected chi connectivity index (χ4v) is 6.02. The van der Waals surface area contributed by atoms with E-state index in [1.165, 1.54) is 18.9 Å². The number of carboxylic acids is 1. The first-order valence-electron chi connectivity index (χ1n) is 14.5. The molecule has 2 aliphatic rings. The van der Waals surface area contributed by atoms with E-state index in [0.29, 0.717) is 43.1 Å². The summed E-state index contributed by atoms with van der Waals surface area (Å²) in [6.45, 7) is 3.53. The van der Waals surface area contributed by atoms with Crippen LogP contribution in [0.2, 0.25) is 5.02 Å². The lowest BCUT2D eigenvalue weighted by Crippen LogP contribution is -2.48. The predicted molar refractivity (Wildman–Crippen MR) is 156 cm³/mol. The van der Waals surface area contributed by atoms with E-state index in [4.69, 9.17) is 21.3 Å². The highest BCUT2D eigenvalue weighted by atomic mass is 35.5. The number of nitrogens with one attached hydrogen (secondary N) is 2. The highest BCUT2D eigenvalue weighted by Crippen LogP contribution is 2.51. The number of anilines is 1. The number of hydrogen-bond donors (Lipinski definition) is 3. The molecule has 1 fully saturated rings. The predicted octanol–water partition coefficient (Wildman–Crippen LogP) is 4.10. The van der Waals surface area contributed by atoms with E-state index in [1.54, 1.807) is 6.20 Å². The minimum absolute atomic E-state index is 0.182. The Balaban J connectivity index is 1.33. The Morgan fingerprint density at radius 1 is 1.27 bits per heavy atom. The summed E-state index contributed by atoms with van der Waals surface area (Å²) in [6, 6.07) is 3.15. The van der Waals surface area contributed by atoms with Crippen LogP contribution in [0.3, 0.4) is 0 Å². The number of aliphatic carboxylic acids is 1. The number of amides is 1. The van der Waals surface area contributed by atoms with E-state index in [-0.39, 0.29) is 12.3 Å². The molecule has 2 aromatic rings. The molecule has 1 aliphatic heterocycles. The molecule has 0 bridgehead atoms.